The van der Waals surface area contributed by atoms with Crippen LogP contribution in [0.4, 0.5) is 17.1 Å². The number of rotatable bonds is 18. The number of fused-ring (bicyclic) bond motifs is 1. The normalized spacial score (nSPS) is 12.3. The molecule has 280 valence electrons. The van der Waals surface area contributed by atoms with Crippen molar-refractivity contribution in [3.63, 3.8) is 0 Å². The van der Waals surface area contributed by atoms with Gasteiger partial charge in [-0.2, -0.15) is 0 Å². The standard InChI is InChI=1S/C43H60N6O3/c1-13-19-40(52-29-41(50)47(10)11)46-38-27-33(43(7,8)9)26-37(42(38)51-12)45-31(6)49(44)39-25-24-34(35-20-17-18-21-36(35)39)32(14-2)23-22-30(5)28-48(15-3)16-4/h14,17-27,45-46H,5-6,13,15-16,28-29,44H2,1-4,7-12H3/b23-22-,32-14+,40-19-. The number of benzene rings is 3. The number of methoxy groups -OCH3 is 1. The van der Waals surface area contributed by atoms with Crippen LogP contribution in [0.15, 0.2) is 103 Å². The van der Waals surface area contributed by atoms with E-state index in [9.17, 15) is 4.79 Å². The number of amides is 1. The number of hydrogen-bond donors (Lipinski definition) is 3. The van der Waals surface area contributed by atoms with Gasteiger partial charge >= 0.3 is 0 Å². The molecule has 0 spiro atoms. The summed E-state index contributed by atoms with van der Waals surface area (Å²) in [7, 11) is 5.01. The van der Waals surface area contributed by atoms with Gasteiger partial charge < -0.3 is 25.0 Å². The Balaban J connectivity index is 1.99. The Bertz CT molecular complexity index is 1810. The highest BCUT2D eigenvalue weighted by atomic mass is 16.5. The largest absolute Gasteiger partial charge is 0.492 e. The first-order valence-electron chi connectivity index (χ1n) is 18.0. The molecule has 3 rings (SSSR count). The zero-order valence-corrected chi connectivity index (χ0v) is 33.0. The van der Waals surface area contributed by atoms with Crippen molar-refractivity contribution in [2.24, 2.45) is 5.84 Å². The van der Waals surface area contributed by atoms with E-state index in [1.54, 1.807) is 26.2 Å². The molecular formula is C43H60N6O3. The van der Waals surface area contributed by atoms with Crippen molar-refractivity contribution in [3.8, 4) is 5.75 Å². The number of nitrogens with zero attached hydrogens (tertiary/aromatic N) is 3. The first-order chi connectivity index (χ1) is 24.7. The fourth-order valence-electron chi connectivity index (χ4n) is 5.64. The Kier molecular flexibility index (Phi) is 15.2. The van der Waals surface area contributed by atoms with Crippen LogP contribution >= 0.6 is 0 Å². The summed E-state index contributed by atoms with van der Waals surface area (Å²) < 4.78 is 11.9. The van der Waals surface area contributed by atoms with Crippen molar-refractivity contribution in [2.75, 3.05) is 63.1 Å². The van der Waals surface area contributed by atoms with Crippen LogP contribution in [0.3, 0.4) is 0 Å². The molecule has 0 radical (unpaired) electrons. The summed E-state index contributed by atoms with van der Waals surface area (Å²) >= 11 is 0. The minimum absolute atomic E-state index is 0.0956. The fraction of sp³-hybridized carbons (Fsp3) is 0.372. The maximum atomic E-state index is 12.3. The molecule has 0 aliphatic rings. The van der Waals surface area contributed by atoms with Crippen LogP contribution in [0.1, 0.15) is 66.0 Å². The number of nitrogens with two attached hydrogens (primary N) is 1. The third-order valence-corrected chi connectivity index (χ3v) is 8.83. The summed E-state index contributed by atoms with van der Waals surface area (Å²) in [4.78, 5) is 16.1. The molecular weight excluding hydrogens is 649 g/mol. The molecule has 0 aliphatic heterocycles. The molecule has 0 fully saturated rings. The Hall–Kier alpha value is -4.99. The van der Waals surface area contributed by atoms with E-state index in [0.29, 0.717) is 35.2 Å². The third kappa shape index (κ3) is 10.8. The monoisotopic (exact) mass is 708 g/mol. The first kappa shape index (κ1) is 41.4. The molecule has 0 atom stereocenters. The van der Waals surface area contributed by atoms with Gasteiger partial charge in [0.1, 0.15) is 5.82 Å². The smallest absolute Gasteiger partial charge is 0.260 e. The summed E-state index contributed by atoms with van der Waals surface area (Å²) in [5.74, 6) is 8.16. The van der Waals surface area contributed by atoms with E-state index in [4.69, 9.17) is 15.3 Å². The number of ether oxygens (including phenoxy) is 2. The second kappa shape index (κ2) is 19.0. The fourth-order valence-corrected chi connectivity index (χ4v) is 5.64. The molecule has 9 heteroatoms. The molecule has 0 aromatic heterocycles. The molecule has 0 heterocycles. The van der Waals surface area contributed by atoms with Crippen molar-refractivity contribution >= 4 is 39.3 Å². The second-order valence-corrected chi connectivity index (χ2v) is 13.8. The molecule has 9 nitrogen and oxygen atoms in total. The maximum absolute atomic E-state index is 12.3. The predicted octanol–water partition coefficient (Wildman–Crippen LogP) is 9.03. The van der Waals surface area contributed by atoms with Crippen molar-refractivity contribution in [2.45, 2.75) is 60.3 Å². The van der Waals surface area contributed by atoms with Gasteiger partial charge in [-0.3, -0.25) is 14.7 Å². The number of likely N-dealkylation sites (N-methyl/N-ethyl adjacent to an activating group) is 2. The van der Waals surface area contributed by atoms with Crippen LogP contribution in [0.5, 0.6) is 5.75 Å². The van der Waals surface area contributed by atoms with E-state index >= 15 is 0 Å². The van der Waals surface area contributed by atoms with Crippen LogP contribution in [-0.2, 0) is 14.9 Å². The first-order valence-corrected chi connectivity index (χ1v) is 18.0. The molecule has 0 unspecified atom stereocenters. The highest BCUT2D eigenvalue weighted by Gasteiger charge is 2.22. The number of carbonyl (C=O) groups is 1. The van der Waals surface area contributed by atoms with Gasteiger partial charge in [0.05, 0.1) is 24.2 Å². The lowest BCUT2D eigenvalue weighted by Crippen LogP contribution is -2.33. The molecule has 0 bridgehead atoms. The number of carbonyl (C=O) groups excluding carboxylic acids is 1. The minimum Gasteiger partial charge on any atom is -0.492 e. The molecule has 0 aliphatic carbocycles. The second-order valence-electron chi connectivity index (χ2n) is 13.8. The quantitative estimate of drug-likeness (QED) is 0.0522. The van der Waals surface area contributed by atoms with E-state index in [1.165, 1.54) is 4.90 Å². The zero-order chi connectivity index (χ0) is 38.6. The van der Waals surface area contributed by atoms with Gasteiger partial charge in [0, 0.05) is 26.0 Å². The van der Waals surface area contributed by atoms with Gasteiger partial charge in [0.25, 0.3) is 5.91 Å². The average molecular weight is 709 g/mol. The highest BCUT2D eigenvalue weighted by Crippen LogP contribution is 2.41. The number of anilines is 3. The summed E-state index contributed by atoms with van der Waals surface area (Å²) in [6, 6.07) is 16.4. The Labute approximate surface area is 312 Å². The maximum Gasteiger partial charge on any atom is 0.260 e. The summed E-state index contributed by atoms with van der Waals surface area (Å²) in [6.45, 7) is 26.2. The topological polar surface area (TPSA) is 95.3 Å². The Morgan fingerprint density at radius 1 is 0.942 bits per heavy atom. The molecule has 3 aromatic carbocycles. The Morgan fingerprint density at radius 3 is 2.13 bits per heavy atom. The van der Waals surface area contributed by atoms with Crippen LogP contribution < -0.4 is 26.2 Å². The van der Waals surface area contributed by atoms with Gasteiger partial charge in [0.15, 0.2) is 18.2 Å². The van der Waals surface area contributed by atoms with Crippen LogP contribution in [0.25, 0.3) is 16.3 Å². The van der Waals surface area contributed by atoms with E-state index in [-0.39, 0.29) is 17.9 Å². The number of nitrogens with one attached hydrogen (secondary N) is 2. The summed E-state index contributed by atoms with van der Waals surface area (Å²) in [5.41, 5.74) is 6.23. The van der Waals surface area contributed by atoms with Crippen molar-refractivity contribution in [1.29, 1.82) is 0 Å². The van der Waals surface area contributed by atoms with Crippen LogP contribution in [0, 0.1) is 0 Å². The highest BCUT2D eigenvalue weighted by molar-refractivity contribution is 6.03. The lowest BCUT2D eigenvalue weighted by molar-refractivity contribution is -0.132. The molecule has 0 saturated heterocycles. The average Bonchev–Trinajstić information content (AvgIpc) is 3.12. The zero-order valence-electron chi connectivity index (χ0n) is 33.0. The van der Waals surface area contributed by atoms with Gasteiger partial charge in [-0.15, -0.1) is 0 Å². The van der Waals surface area contributed by atoms with E-state index in [0.717, 1.165) is 58.4 Å². The number of hydrazine groups is 1. The number of allylic oxidation sites excluding steroid dienone is 4. The van der Waals surface area contributed by atoms with Crippen molar-refractivity contribution in [1.82, 2.24) is 9.80 Å². The predicted molar refractivity (Wildman–Crippen MR) is 221 cm³/mol. The van der Waals surface area contributed by atoms with Crippen molar-refractivity contribution in [3.05, 3.63) is 114 Å². The molecule has 3 aromatic rings. The Morgan fingerprint density at radius 2 is 1.58 bits per heavy atom. The van der Waals surface area contributed by atoms with E-state index < -0.39 is 0 Å². The number of hydrogen-bond acceptors (Lipinski definition) is 8. The summed E-state index contributed by atoms with van der Waals surface area (Å²) in [6.07, 6.45) is 8.96. The molecule has 52 heavy (non-hydrogen) atoms. The molecule has 4 N–H and O–H groups in total. The van der Waals surface area contributed by atoms with E-state index in [1.807, 2.05) is 43.3 Å². The summed E-state index contributed by atoms with van der Waals surface area (Å²) in [5, 5.41) is 10.4. The minimum atomic E-state index is -0.206. The van der Waals surface area contributed by atoms with Gasteiger partial charge in [-0.05, 0) is 83.8 Å². The van der Waals surface area contributed by atoms with Gasteiger partial charge in [0.2, 0.25) is 0 Å². The van der Waals surface area contributed by atoms with Gasteiger partial charge in [-0.25, -0.2) is 5.84 Å². The molecule has 1 amide bonds. The SMILES string of the molecule is C=C(/C=C\C(=C/C)c1ccc(N(N)C(=C)Nc2cc(C(C)(C)C)cc(N/C(=C/CC)OCC(=O)N(C)C)c2OC)c2ccccc12)CN(CC)CC. The third-order valence-electron chi connectivity index (χ3n) is 8.83. The van der Waals surface area contributed by atoms with Crippen LogP contribution in [0.2, 0.25) is 0 Å². The van der Waals surface area contributed by atoms with E-state index in [2.05, 4.69) is 107 Å². The molecule has 0 saturated carbocycles. The van der Waals surface area contributed by atoms with Crippen molar-refractivity contribution < 1.29 is 14.3 Å². The lowest BCUT2D eigenvalue weighted by Gasteiger charge is -2.28. The van der Waals surface area contributed by atoms with Crippen LogP contribution in [-0.4, -0.2) is 63.2 Å². The van der Waals surface area contributed by atoms with Gasteiger partial charge in [-0.1, -0.05) is 103 Å². The lowest BCUT2D eigenvalue weighted by atomic mass is 9.86.